The van der Waals surface area contributed by atoms with Gasteiger partial charge in [0.15, 0.2) is 5.76 Å². The van der Waals surface area contributed by atoms with Crippen LogP contribution in [0.3, 0.4) is 0 Å². The summed E-state index contributed by atoms with van der Waals surface area (Å²) < 4.78 is 17.9. The molecule has 2 aromatic rings. The smallest absolute Gasteiger partial charge is 0.287 e. The van der Waals surface area contributed by atoms with E-state index in [0.29, 0.717) is 13.0 Å². The van der Waals surface area contributed by atoms with Gasteiger partial charge < -0.3 is 15.1 Å². The van der Waals surface area contributed by atoms with Crippen molar-refractivity contribution in [3.8, 4) is 0 Å². The molecule has 128 valence electrons. The van der Waals surface area contributed by atoms with E-state index in [-0.39, 0.29) is 23.4 Å². The quantitative estimate of drug-likeness (QED) is 0.818. The zero-order valence-corrected chi connectivity index (χ0v) is 13.7. The van der Waals surface area contributed by atoms with E-state index in [2.05, 4.69) is 10.6 Å². The molecule has 2 N–H and O–H groups in total. The zero-order valence-electron chi connectivity index (χ0n) is 13.7. The van der Waals surface area contributed by atoms with E-state index in [1.54, 1.807) is 24.3 Å². The van der Waals surface area contributed by atoms with Crippen LogP contribution in [0.1, 0.15) is 30.0 Å². The van der Waals surface area contributed by atoms with Gasteiger partial charge in [-0.3, -0.25) is 9.59 Å². The number of hydrogen-bond acceptors (Lipinski definition) is 3. The molecule has 0 bridgehead atoms. The third-order valence-corrected chi connectivity index (χ3v) is 3.61. The second-order valence-corrected chi connectivity index (χ2v) is 5.84. The van der Waals surface area contributed by atoms with Gasteiger partial charge in [-0.2, -0.15) is 0 Å². The third kappa shape index (κ3) is 4.94. The van der Waals surface area contributed by atoms with E-state index in [9.17, 15) is 14.0 Å². The molecule has 5 nitrogen and oxygen atoms in total. The van der Waals surface area contributed by atoms with E-state index >= 15 is 0 Å². The monoisotopic (exact) mass is 332 g/mol. The predicted octanol–water partition coefficient (Wildman–Crippen LogP) is 2.53. The second kappa shape index (κ2) is 8.29. The first-order valence-corrected chi connectivity index (χ1v) is 7.84. The highest BCUT2D eigenvalue weighted by Crippen LogP contribution is 2.06. The molecule has 0 aliphatic rings. The van der Waals surface area contributed by atoms with E-state index in [0.717, 1.165) is 5.56 Å². The van der Waals surface area contributed by atoms with Gasteiger partial charge in [-0.1, -0.05) is 26.0 Å². The molecule has 0 unspecified atom stereocenters. The van der Waals surface area contributed by atoms with Crippen molar-refractivity contribution in [2.45, 2.75) is 26.3 Å². The molecule has 0 aliphatic carbocycles. The van der Waals surface area contributed by atoms with E-state index < -0.39 is 11.9 Å². The summed E-state index contributed by atoms with van der Waals surface area (Å²) in [6.45, 7) is 4.11. The Morgan fingerprint density at radius 2 is 1.88 bits per heavy atom. The van der Waals surface area contributed by atoms with Crippen molar-refractivity contribution in [3.05, 3.63) is 59.8 Å². The molecule has 0 saturated carbocycles. The molecule has 24 heavy (non-hydrogen) atoms. The maximum absolute atomic E-state index is 12.9. The minimum Gasteiger partial charge on any atom is -0.459 e. The first-order valence-electron chi connectivity index (χ1n) is 7.84. The SMILES string of the molecule is CC(C)[C@H](NC(=O)c1ccco1)C(=O)NCCc1ccc(F)cc1. The number of carbonyl (C=O) groups is 2. The van der Waals surface area contributed by atoms with E-state index in [1.807, 2.05) is 13.8 Å². The Balaban J connectivity index is 1.87. The van der Waals surface area contributed by atoms with Gasteiger partial charge in [0.25, 0.3) is 5.91 Å². The fraction of sp³-hybridized carbons (Fsp3) is 0.333. The van der Waals surface area contributed by atoms with Crippen LogP contribution in [0.5, 0.6) is 0 Å². The van der Waals surface area contributed by atoms with Gasteiger partial charge in [0.1, 0.15) is 11.9 Å². The highest BCUT2D eigenvalue weighted by molar-refractivity contribution is 5.95. The molecule has 1 aromatic heterocycles. The van der Waals surface area contributed by atoms with Crippen molar-refractivity contribution in [3.63, 3.8) is 0 Å². The van der Waals surface area contributed by atoms with E-state index in [1.165, 1.54) is 18.4 Å². The first kappa shape index (κ1) is 17.7. The van der Waals surface area contributed by atoms with Crippen LogP contribution in [0.25, 0.3) is 0 Å². The van der Waals surface area contributed by atoms with Crippen LogP contribution in [-0.4, -0.2) is 24.4 Å². The molecule has 1 heterocycles. The number of furan rings is 1. The minimum absolute atomic E-state index is 0.0743. The Kier molecular flexibility index (Phi) is 6.12. The summed E-state index contributed by atoms with van der Waals surface area (Å²) in [5.41, 5.74) is 0.928. The van der Waals surface area contributed by atoms with Crippen molar-refractivity contribution in [1.29, 1.82) is 0 Å². The number of nitrogens with one attached hydrogen (secondary N) is 2. The fourth-order valence-corrected chi connectivity index (χ4v) is 2.25. The number of benzene rings is 1. The van der Waals surface area contributed by atoms with Crippen LogP contribution < -0.4 is 10.6 Å². The van der Waals surface area contributed by atoms with Gasteiger partial charge in [0.05, 0.1) is 6.26 Å². The van der Waals surface area contributed by atoms with E-state index in [4.69, 9.17) is 4.42 Å². The lowest BCUT2D eigenvalue weighted by Crippen LogP contribution is -2.50. The van der Waals surface area contributed by atoms with Crippen LogP contribution in [0.2, 0.25) is 0 Å². The maximum Gasteiger partial charge on any atom is 0.287 e. The van der Waals surface area contributed by atoms with Crippen LogP contribution >= 0.6 is 0 Å². The number of carbonyl (C=O) groups excluding carboxylic acids is 2. The Morgan fingerprint density at radius 3 is 2.46 bits per heavy atom. The average molecular weight is 332 g/mol. The normalized spacial score (nSPS) is 12.0. The Hall–Kier alpha value is -2.63. The molecule has 1 aromatic carbocycles. The molecule has 6 heteroatoms. The van der Waals surface area contributed by atoms with Crippen molar-refractivity contribution in [2.75, 3.05) is 6.54 Å². The summed E-state index contributed by atoms with van der Waals surface area (Å²) >= 11 is 0. The number of halogens is 1. The molecule has 0 aliphatic heterocycles. The molecular weight excluding hydrogens is 311 g/mol. The van der Waals surface area contributed by atoms with Crippen LogP contribution in [0, 0.1) is 11.7 Å². The highest BCUT2D eigenvalue weighted by atomic mass is 19.1. The minimum atomic E-state index is -0.657. The molecule has 0 spiro atoms. The number of amides is 2. The van der Waals surface area contributed by atoms with Crippen LogP contribution in [0.15, 0.2) is 47.1 Å². The number of hydrogen-bond donors (Lipinski definition) is 2. The second-order valence-electron chi connectivity index (χ2n) is 5.84. The van der Waals surface area contributed by atoms with Gasteiger partial charge in [-0.15, -0.1) is 0 Å². The largest absolute Gasteiger partial charge is 0.459 e. The summed E-state index contributed by atoms with van der Waals surface area (Å²) in [5.74, 6) is -0.878. The zero-order chi connectivity index (χ0) is 17.5. The standard InChI is InChI=1S/C18H21FN2O3/c1-12(2)16(21-17(22)15-4-3-11-24-15)18(23)20-10-9-13-5-7-14(19)8-6-13/h3-8,11-12,16H,9-10H2,1-2H3,(H,20,23)(H,21,22)/t16-/m0/s1. The molecule has 2 rings (SSSR count). The summed E-state index contributed by atoms with van der Waals surface area (Å²) in [4.78, 5) is 24.3. The van der Waals surface area contributed by atoms with Gasteiger partial charge in [0.2, 0.25) is 5.91 Å². The summed E-state index contributed by atoms with van der Waals surface area (Å²) in [7, 11) is 0. The highest BCUT2D eigenvalue weighted by Gasteiger charge is 2.25. The lowest BCUT2D eigenvalue weighted by Gasteiger charge is -2.21. The summed E-state index contributed by atoms with van der Waals surface area (Å²) in [6.07, 6.45) is 1.99. The first-order chi connectivity index (χ1) is 11.5. The van der Waals surface area contributed by atoms with Crippen LogP contribution in [-0.2, 0) is 11.2 Å². The van der Waals surface area contributed by atoms with Crippen molar-refractivity contribution < 1.29 is 18.4 Å². The van der Waals surface area contributed by atoms with Gasteiger partial charge in [0, 0.05) is 6.54 Å². The lowest BCUT2D eigenvalue weighted by atomic mass is 10.0. The van der Waals surface area contributed by atoms with Crippen molar-refractivity contribution >= 4 is 11.8 Å². The topological polar surface area (TPSA) is 71.3 Å². The maximum atomic E-state index is 12.9. The molecule has 0 fully saturated rings. The Morgan fingerprint density at radius 1 is 1.17 bits per heavy atom. The molecular formula is C18H21FN2O3. The molecule has 0 radical (unpaired) electrons. The summed E-state index contributed by atoms with van der Waals surface area (Å²) in [6, 6.07) is 8.63. The lowest BCUT2D eigenvalue weighted by molar-refractivity contribution is -0.123. The van der Waals surface area contributed by atoms with Crippen molar-refractivity contribution in [2.24, 2.45) is 5.92 Å². The number of rotatable bonds is 7. The van der Waals surface area contributed by atoms with Crippen molar-refractivity contribution in [1.82, 2.24) is 10.6 Å². The van der Waals surface area contributed by atoms with Crippen LogP contribution in [0.4, 0.5) is 4.39 Å². The van der Waals surface area contributed by atoms with Gasteiger partial charge in [-0.05, 0) is 42.2 Å². The Labute approximate surface area is 140 Å². The fourth-order valence-electron chi connectivity index (χ4n) is 2.25. The molecule has 0 saturated heterocycles. The summed E-state index contributed by atoms with van der Waals surface area (Å²) in [5, 5.41) is 5.48. The molecule has 1 atom stereocenters. The molecule has 2 amide bonds. The third-order valence-electron chi connectivity index (χ3n) is 3.61. The predicted molar refractivity (Wildman–Crippen MR) is 87.9 cm³/mol. The average Bonchev–Trinajstić information content (AvgIpc) is 3.08. The Bertz CT molecular complexity index is 666. The van der Waals surface area contributed by atoms with Gasteiger partial charge in [-0.25, -0.2) is 4.39 Å². The van der Waals surface area contributed by atoms with Gasteiger partial charge >= 0.3 is 0 Å².